The van der Waals surface area contributed by atoms with Gasteiger partial charge in [-0.2, -0.15) is 4.31 Å². The van der Waals surface area contributed by atoms with Crippen LogP contribution in [-0.4, -0.2) is 42.0 Å². The minimum absolute atomic E-state index is 0.110. The standard InChI is InChI=1S/C19H21N3O5S/c1-21-17-11-16(4-5-18(17)27-19(21)23)28(24,25)22-10-2-3-14(12-22)13-26-15-6-8-20-9-7-15/h4-9,11,14H,2-3,10,12-13H2,1H3. The average Bonchev–Trinajstić information content (AvgIpc) is 3.01. The van der Waals surface area contributed by atoms with E-state index in [4.69, 9.17) is 9.15 Å². The van der Waals surface area contributed by atoms with E-state index in [9.17, 15) is 13.2 Å². The molecular weight excluding hydrogens is 382 g/mol. The molecular formula is C19H21N3O5S. The second-order valence-electron chi connectivity index (χ2n) is 6.92. The minimum atomic E-state index is -3.67. The molecule has 0 radical (unpaired) electrons. The van der Waals surface area contributed by atoms with Crippen molar-refractivity contribution in [1.29, 1.82) is 0 Å². The maximum Gasteiger partial charge on any atom is 0.419 e. The Morgan fingerprint density at radius 2 is 2.04 bits per heavy atom. The van der Waals surface area contributed by atoms with Crippen LogP contribution in [0.25, 0.3) is 11.1 Å². The van der Waals surface area contributed by atoms with Crippen LogP contribution in [0.2, 0.25) is 0 Å². The summed E-state index contributed by atoms with van der Waals surface area (Å²) in [5, 5.41) is 0. The summed E-state index contributed by atoms with van der Waals surface area (Å²) in [5.74, 6) is 0.316. The van der Waals surface area contributed by atoms with Crippen LogP contribution in [-0.2, 0) is 17.1 Å². The van der Waals surface area contributed by atoms with E-state index in [1.165, 1.54) is 27.1 Å². The molecule has 1 aliphatic rings. The van der Waals surface area contributed by atoms with Gasteiger partial charge in [-0.25, -0.2) is 13.2 Å². The van der Waals surface area contributed by atoms with E-state index < -0.39 is 15.8 Å². The lowest BCUT2D eigenvalue weighted by Crippen LogP contribution is -2.41. The van der Waals surface area contributed by atoms with Gasteiger partial charge in [-0.05, 0) is 43.2 Å². The molecule has 0 aliphatic carbocycles. The maximum atomic E-state index is 13.1. The Labute approximate surface area is 162 Å². The van der Waals surface area contributed by atoms with Crippen LogP contribution in [0, 0.1) is 5.92 Å². The second kappa shape index (κ2) is 7.40. The molecule has 0 spiro atoms. The summed E-state index contributed by atoms with van der Waals surface area (Å²) >= 11 is 0. The molecule has 0 bridgehead atoms. The van der Waals surface area contributed by atoms with Gasteiger partial charge in [0.15, 0.2) is 5.58 Å². The van der Waals surface area contributed by atoms with Gasteiger partial charge >= 0.3 is 5.76 Å². The zero-order valence-corrected chi connectivity index (χ0v) is 16.3. The summed E-state index contributed by atoms with van der Waals surface area (Å²) in [7, 11) is -2.11. The Balaban J connectivity index is 1.52. The molecule has 9 heteroatoms. The van der Waals surface area contributed by atoms with Crippen LogP contribution in [0.4, 0.5) is 0 Å². The van der Waals surface area contributed by atoms with Gasteiger partial charge < -0.3 is 9.15 Å². The lowest BCUT2D eigenvalue weighted by molar-refractivity contribution is 0.180. The van der Waals surface area contributed by atoms with Gasteiger partial charge in [0, 0.05) is 38.4 Å². The fourth-order valence-corrected chi connectivity index (χ4v) is 5.02. The first-order valence-corrected chi connectivity index (χ1v) is 10.5. The topological polar surface area (TPSA) is 94.6 Å². The molecule has 4 rings (SSSR count). The Morgan fingerprint density at radius 3 is 2.82 bits per heavy atom. The van der Waals surface area contributed by atoms with E-state index in [1.54, 1.807) is 31.6 Å². The van der Waals surface area contributed by atoms with Gasteiger partial charge in [0.25, 0.3) is 0 Å². The predicted molar refractivity (Wildman–Crippen MR) is 103 cm³/mol. The lowest BCUT2D eigenvalue weighted by atomic mass is 10.0. The highest BCUT2D eigenvalue weighted by Crippen LogP contribution is 2.26. The molecule has 0 N–H and O–H groups in total. The van der Waals surface area contributed by atoms with Crippen molar-refractivity contribution in [1.82, 2.24) is 13.9 Å². The first-order valence-electron chi connectivity index (χ1n) is 9.08. The summed E-state index contributed by atoms with van der Waals surface area (Å²) in [5.41, 5.74) is 0.828. The molecule has 148 valence electrons. The molecule has 2 aromatic heterocycles. The highest BCUT2D eigenvalue weighted by Gasteiger charge is 2.31. The number of oxazole rings is 1. The first kappa shape index (κ1) is 18.7. The smallest absolute Gasteiger partial charge is 0.419 e. The normalized spacial score (nSPS) is 18.4. The summed E-state index contributed by atoms with van der Waals surface area (Å²) in [6.45, 7) is 1.32. The van der Waals surface area contributed by atoms with Gasteiger partial charge in [-0.3, -0.25) is 9.55 Å². The van der Waals surface area contributed by atoms with E-state index in [2.05, 4.69) is 4.98 Å². The molecule has 0 saturated carbocycles. The number of rotatable bonds is 5. The molecule has 8 nitrogen and oxygen atoms in total. The van der Waals surface area contributed by atoms with Crippen LogP contribution in [0.15, 0.2) is 56.8 Å². The summed E-state index contributed by atoms with van der Waals surface area (Å²) < 4.78 is 39.9. The Hall–Kier alpha value is -2.65. The molecule has 3 aromatic rings. The van der Waals surface area contributed by atoms with Crippen molar-refractivity contribution < 1.29 is 17.6 Å². The number of benzene rings is 1. The molecule has 1 unspecified atom stereocenters. The van der Waals surface area contributed by atoms with Gasteiger partial charge in [0.05, 0.1) is 17.0 Å². The number of hydrogen-bond acceptors (Lipinski definition) is 6. The van der Waals surface area contributed by atoms with E-state index in [0.29, 0.717) is 30.8 Å². The van der Waals surface area contributed by atoms with E-state index in [1.807, 2.05) is 0 Å². The van der Waals surface area contributed by atoms with Crippen LogP contribution >= 0.6 is 0 Å². The van der Waals surface area contributed by atoms with Gasteiger partial charge in [0.2, 0.25) is 10.0 Å². The molecule has 3 heterocycles. The van der Waals surface area contributed by atoms with Crippen molar-refractivity contribution in [3.63, 3.8) is 0 Å². The first-order chi connectivity index (χ1) is 13.4. The van der Waals surface area contributed by atoms with Gasteiger partial charge in [-0.15, -0.1) is 0 Å². The lowest BCUT2D eigenvalue weighted by Gasteiger charge is -2.31. The fraction of sp³-hybridized carbons (Fsp3) is 0.368. The van der Waals surface area contributed by atoms with Crippen molar-refractivity contribution in [2.75, 3.05) is 19.7 Å². The molecule has 0 amide bonds. The number of piperidine rings is 1. The van der Waals surface area contributed by atoms with Crippen molar-refractivity contribution in [3.05, 3.63) is 53.3 Å². The third-order valence-corrected chi connectivity index (χ3v) is 6.88. The Morgan fingerprint density at radius 1 is 1.25 bits per heavy atom. The summed E-state index contributed by atoms with van der Waals surface area (Å²) in [4.78, 5) is 15.8. The van der Waals surface area contributed by atoms with E-state index in [-0.39, 0.29) is 10.8 Å². The third-order valence-electron chi connectivity index (χ3n) is 5.02. The summed E-state index contributed by atoms with van der Waals surface area (Å²) in [6.07, 6.45) is 5.00. The van der Waals surface area contributed by atoms with Crippen LogP contribution < -0.4 is 10.5 Å². The number of hydrogen-bond donors (Lipinski definition) is 0. The number of nitrogens with zero attached hydrogens (tertiary/aromatic N) is 3. The van der Waals surface area contributed by atoms with Crippen LogP contribution in [0.3, 0.4) is 0 Å². The van der Waals surface area contributed by atoms with Crippen molar-refractivity contribution in [2.24, 2.45) is 13.0 Å². The SMILES string of the molecule is Cn1c(=O)oc2ccc(S(=O)(=O)N3CCCC(COc4ccncc4)C3)cc21. The number of aromatic nitrogens is 2. The number of aryl methyl sites for hydroxylation is 1. The largest absolute Gasteiger partial charge is 0.493 e. The van der Waals surface area contributed by atoms with E-state index in [0.717, 1.165) is 18.6 Å². The summed E-state index contributed by atoms with van der Waals surface area (Å²) in [6, 6.07) is 8.06. The molecule has 1 aromatic carbocycles. The molecule has 1 fully saturated rings. The van der Waals surface area contributed by atoms with Crippen molar-refractivity contribution in [3.8, 4) is 5.75 Å². The number of ether oxygens (including phenoxy) is 1. The molecule has 1 atom stereocenters. The Bertz CT molecular complexity index is 1140. The van der Waals surface area contributed by atoms with Crippen molar-refractivity contribution >= 4 is 21.1 Å². The zero-order valence-electron chi connectivity index (χ0n) is 15.4. The molecule has 1 aliphatic heterocycles. The fourth-order valence-electron chi connectivity index (χ4n) is 3.45. The van der Waals surface area contributed by atoms with Crippen LogP contribution in [0.1, 0.15) is 12.8 Å². The second-order valence-corrected chi connectivity index (χ2v) is 8.86. The number of pyridine rings is 1. The quantitative estimate of drug-likeness (QED) is 0.647. The third kappa shape index (κ3) is 3.55. The van der Waals surface area contributed by atoms with Crippen molar-refractivity contribution in [2.45, 2.75) is 17.7 Å². The number of sulfonamides is 1. The number of fused-ring (bicyclic) bond motifs is 1. The van der Waals surface area contributed by atoms with E-state index >= 15 is 0 Å². The van der Waals surface area contributed by atoms with Crippen LogP contribution in [0.5, 0.6) is 5.75 Å². The minimum Gasteiger partial charge on any atom is -0.493 e. The zero-order chi connectivity index (χ0) is 19.7. The highest BCUT2D eigenvalue weighted by molar-refractivity contribution is 7.89. The highest BCUT2D eigenvalue weighted by atomic mass is 32.2. The van der Waals surface area contributed by atoms with Gasteiger partial charge in [0.1, 0.15) is 5.75 Å². The van der Waals surface area contributed by atoms with Gasteiger partial charge in [-0.1, -0.05) is 0 Å². The maximum absolute atomic E-state index is 13.1. The average molecular weight is 403 g/mol. The molecule has 1 saturated heterocycles. The Kier molecular flexibility index (Phi) is 4.94. The monoisotopic (exact) mass is 403 g/mol. The molecule has 28 heavy (non-hydrogen) atoms. The predicted octanol–water partition coefficient (Wildman–Crippen LogP) is 2.01.